The molecular weight excluding hydrogens is 250 g/mol. The van der Waals surface area contributed by atoms with Crippen molar-refractivity contribution in [3.05, 3.63) is 11.8 Å². The molecule has 0 amide bonds. The van der Waals surface area contributed by atoms with Crippen LogP contribution in [-0.4, -0.2) is 29.6 Å². The lowest BCUT2D eigenvalue weighted by molar-refractivity contribution is 0.627. The minimum atomic E-state index is 0.479. The number of nitrogen functional groups attached to an aromatic ring is 1. The number of aryl methyl sites for hydroxylation is 2. The summed E-state index contributed by atoms with van der Waals surface area (Å²) in [6.07, 6.45) is 0.933. The maximum Gasteiger partial charge on any atom is 0.236 e. The molecule has 0 aliphatic carbocycles. The van der Waals surface area contributed by atoms with Gasteiger partial charge in [0.25, 0.3) is 0 Å². The second-order valence-corrected chi connectivity index (χ2v) is 4.84. The lowest BCUT2D eigenvalue weighted by atomic mass is 10.3. The highest BCUT2D eigenvalue weighted by Crippen LogP contribution is 2.22. The number of hydrogen-bond acceptors (Lipinski definition) is 6. The van der Waals surface area contributed by atoms with Gasteiger partial charge in [-0.3, -0.25) is 4.68 Å². The quantitative estimate of drug-likeness (QED) is 0.767. The number of anilines is 1. The van der Waals surface area contributed by atoms with Crippen LogP contribution in [0.2, 0.25) is 0 Å². The van der Waals surface area contributed by atoms with Gasteiger partial charge in [-0.15, -0.1) is 15.3 Å². The van der Waals surface area contributed by atoms with Crippen LogP contribution in [0.1, 0.15) is 19.5 Å². The second-order valence-electron chi connectivity index (χ2n) is 3.85. The van der Waals surface area contributed by atoms with Crippen LogP contribution in [0, 0.1) is 0 Å². The molecule has 0 bridgehead atoms. The lowest BCUT2D eigenvalue weighted by Gasteiger charge is -1.98. The van der Waals surface area contributed by atoms with Crippen molar-refractivity contribution >= 4 is 21.4 Å². The molecule has 3 aromatic rings. The van der Waals surface area contributed by atoms with E-state index in [4.69, 9.17) is 5.73 Å². The molecular formula is C10H13N7S. The summed E-state index contributed by atoms with van der Waals surface area (Å²) in [5, 5.41) is 17.3. The van der Waals surface area contributed by atoms with Gasteiger partial charge < -0.3 is 5.73 Å². The maximum atomic E-state index is 5.66. The SMILES string of the molecule is CCc1cc(-c2nnc3sc(N)nn23)nn1CC. The summed E-state index contributed by atoms with van der Waals surface area (Å²) in [7, 11) is 0. The predicted molar refractivity (Wildman–Crippen MR) is 69.3 cm³/mol. The maximum absolute atomic E-state index is 5.66. The topological polar surface area (TPSA) is 86.9 Å². The highest BCUT2D eigenvalue weighted by atomic mass is 32.1. The Morgan fingerprint density at radius 2 is 2.11 bits per heavy atom. The zero-order chi connectivity index (χ0) is 12.7. The summed E-state index contributed by atoms with van der Waals surface area (Å²) in [6, 6.07) is 2.02. The van der Waals surface area contributed by atoms with Crippen molar-refractivity contribution in [2.75, 3.05) is 5.73 Å². The van der Waals surface area contributed by atoms with Crippen LogP contribution in [-0.2, 0) is 13.0 Å². The second kappa shape index (κ2) is 4.05. The van der Waals surface area contributed by atoms with Crippen molar-refractivity contribution in [3.8, 4) is 11.5 Å². The first-order valence-corrected chi connectivity index (χ1v) is 6.59. The molecule has 0 aliphatic rings. The van der Waals surface area contributed by atoms with Crippen LogP contribution in [0.15, 0.2) is 6.07 Å². The van der Waals surface area contributed by atoms with Crippen LogP contribution in [0.25, 0.3) is 16.5 Å². The van der Waals surface area contributed by atoms with E-state index in [-0.39, 0.29) is 0 Å². The number of nitrogens with two attached hydrogens (primary N) is 1. The van der Waals surface area contributed by atoms with Crippen LogP contribution in [0.4, 0.5) is 5.13 Å². The standard InChI is InChI=1S/C10H13N7S/c1-3-6-5-7(14-16(6)4-2)8-12-13-10-17(8)15-9(11)18-10/h5H,3-4H2,1-2H3,(H2,11,15). The smallest absolute Gasteiger partial charge is 0.236 e. The first-order valence-electron chi connectivity index (χ1n) is 5.77. The van der Waals surface area contributed by atoms with E-state index in [0.29, 0.717) is 15.9 Å². The minimum absolute atomic E-state index is 0.479. The summed E-state index contributed by atoms with van der Waals surface area (Å²) in [5.74, 6) is 0.639. The molecule has 3 heterocycles. The Morgan fingerprint density at radius 1 is 1.28 bits per heavy atom. The molecule has 0 radical (unpaired) electrons. The fourth-order valence-electron chi connectivity index (χ4n) is 1.91. The first-order chi connectivity index (χ1) is 8.72. The van der Waals surface area contributed by atoms with E-state index >= 15 is 0 Å². The number of hydrogen-bond donors (Lipinski definition) is 1. The van der Waals surface area contributed by atoms with Gasteiger partial charge in [-0.1, -0.05) is 18.3 Å². The van der Waals surface area contributed by atoms with Gasteiger partial charge in [-0.05, 0) is 19.4 Å². The number of fused-ring (bicyclic) bond motifs is 1. The van der Waals surface area contributed by atoms with Gasteiger partial charge in [0.1, 0.15) is 5.69 Å². The number of aromatic nitrogens is 6. The van der Waals surface area contributed by atoms with E-state index in [2.05, 4.69) is 34.2 Å². The van der Waals surface area contributed by atoms with Crippen molar-refractivity contribution in [1.29, 1.82) is 0 Å². The third-order valence-corrected chi connectivity index (χ3v) is 3.49. The Balaban J connectivity index is 2.16. The van der Waals surface area contributed by atoms with Crippen LogP contribution in [0.5, 0.6) is 0 Å². The van der Waals surface area contributed by atoms with Crippen molar-refractivity contribution in [2.24, 2.45) is 0 Å². The van der Waals surface area contributed by atoms with E-state index < -0.39 is 0 Å². The van der Waals surface area contributed by atoms with Gasteiger partial charge in [0, 0.05) is 12.2 Å². The number of rotatable bonds is 3. The zero-order valence-electron chi connectivity index (χ0n) is 10.2. The molecule has 0 fully saturated rings. The Kier molecular flexibility index (Phi) is 2.51. The van der Waals surface area contributed by atoms with Crippen LogP contribution < -0.4 is 5.73 Å². The van der Waals surface area contributed by atoms with Gasteiger partial charge in [-0.2, -0.15) is 9.61 Å². The molecule has 7 nitrogen and oxygen atoms in total. The van der Waals surface area contributed by atoms with Crippen LogP contribution in [0.3, 0.4) is 0 Å². The van der Waals surface area contributed by atoms with Gasteiger partial charge in [0.15, 0.2) is 0 Å². The molecule has 8 heteroatoms. The normalized spacial score (nSPS) is 11.4. The molecule has 94 valence electrons. The molecule has 18 heavy (non-hydrogen) atoms. The van der Waals surface area contributed by atoms with Crippen LogP contribution >= 0.6 is 11.3 Å². The average Bonchev–Trinajstić information content (AvgIpc) is 3.00. The summed E-state index contributed by atoms with van der Waals surface area (Å²) >= 11 is 1.31. The summed E-state index contributed by atoms with van der Waals surface area (Å²) in [4.78, 5) is 0.687. The Labute approximate surface area is 107 Å². The minimum Gasteiger partial charge on any atom is -0.374 e. The molecule has 3 aromatic heterocycles. The molecule has 2 N–H and O–H groups in total. The first kappa shape index (κ1) is 11.1. The molecule has 3 rings (SSSR count). The van der Waals surface area contributed by atoms with Crippen molar-refractivity contribution < 1.29 is 0 Å². The Morgan fingerprint density at radius 3 is 2.78 bits per heavy atom. The summed E-state index contributed by atoms with van der Waals surface area (Å²) in [5.41, 5.74) is 7.62. The van der Waals surface area contributed by atoms with Gasteiger partial charge in [0.2, 0.25) is 15.9 Å². The van der Waals surface area contributed by atoms with E-state index in [1.807, 2.05) is 10.7 Å². The van der Waals surface area contributed by atoms with Gasteiger partial charge in [0.05, 0.1) is 0 Å². The average molecular weight is 263 g/mol. The van der Waals surface area contributed by atoms with E-state index in [0.717, 1.165) is 18.7 Å². The van der Waals surface area contributed by atoms with Gasteiger partial charge in [-0.25, -0.2) is 0 Å². The van der Waals surface area contributed by atoms with Crippen molar-refractivity contribution in [2.45, 2.75) is 26.8 Å². The largest absolute Gasteiger partial charge is 0.374 e. The van der Waals surface area contributed by atoms with Crippen molar-refractivity contribution in [3.63, 3.8) is 0 Å². The monoisotopic (exact) mass is 263 g/mol. The molecule has 0 saturated carbocycles. The highest BCUT2D eigenvalue weighted by Gasteiger charge is 2.16. The molecule has 0 saturated heterocycles. The predicted octanol–water partition coefficient (Wildman–Crippen LogP) is 1.21. The van der Waals surface area contributed by atoms with E-state index in [1.165, 1.54) is 17.0 Å². The third-order valence-electron chi connectivity index (χ3n) is 2.76. The molecule has 0 spiro atoms. The lowest BCUT2D eigenvalue weighted by Crippen LogP contribution is -2.01. The highest BCUT2D eigenvalue weighted by molar-refractivity contribution is 7.20. The number of nitrogens with zero attached hydrogens (tertiary/aromatic N) is 6. The summed E-state index contributed by atoms with van der Waals surface area (Å²) < 4.78 is 3.61. The van der Waals surface area contributed by atoms with Crippen molar-refractivity contribution in [1.82, 2.24) is 29.6 Å². The Bertz CT molecular complexity index is 671. The fraction of sp³-hybridized carbons (Fsp3) is 0.400. The molecule has 0 aliphatic heterocycles. The molecule has 0 atom stereocenters. The van der Waals surface area contributed by atoms with Gasteiger partial charge >= 0.3 is 0 Å². The summed E-state index contributed by atoms with van der Waals surface area (Å²) in [6.45, 7) is 5.01. The van der Waals surface area contributed by atoms with E-state index in [1.54, 1.807) is 4.52 Å². The molecule has 0 aromatic carbocycles. The fourth-order valence-corrected chi connectivity index (χ4v) is 2.52. The zero-order valence-corrected chi connectivity index (χ0v) is 11.0. The third kappa shape index (κ3) is 1.57. The molecule has 0 unspecified atom stereocenters. The Hall–Kier alpha value is -1.96. The van der Waals surface area contributed by atoms with E-state index in [9.17, 15) is 0 Å².